The van der Waals surface area contributed by atoms with Crippen LogP contribution >= 0.6 is 23.2 Å². The van der Waals surface area contributed by atoms with E-state index in [4.69, 9.17) is 23.2 Å². The van der Waals surface area contributed by atoms with E-state index < -0.39 is 5.91 Å². The predicted molar refractivity (Wildman–Crippen MR) is 75.1 cm³/mol. The van der Waals surface area contributed by atoms with E-state index in [9.17, 15) is 9.90 Å². The first kappa shape index (κ1) is 13.6. The molecule has 1 aromatic heterocycles. The van der Waals surface area contributed by atoms with Gasteiger partial charge in [-0.1, -0.05) is 29.3 Å². The number of carbonyl (C=O) groups is 1. The van der Waals surface area contributed by atoms with Gasteiger partial charge in [0.2, 0.25) is 0 Å². The second kappa shape index (κ2) is 5.47. The fourth-order valence-corrected chi connectivity index (χ4v) is 1.88. The summed E-state index contributed by atoms with van der Waals surface area (Å²) in [5.74, 6) is -0.333. The van der Waals surface area contributed by atoms with Gasteiger partial charge in [0.15, 0.2) is 0 Å². The standard InChI is InChI=1S/C13H10Cl2N2O2/c1-17(8-3-2-4-9(18)7-8)13(19)12-10(14)5-6-11(15)16-12/h2-7,18H,1H3. The number of phenolic OH excluding ortho intramolecular Hbond substituents is 1. The monoisotopic (exact) mass is 296 g/mol. The fourth-order valence-electron chi connectivity index (χ4n) is 1.55. The van der Waals surface area contributed by atoms with Crippen molar-refractivity contribution in [1.29, 1.82) is 0 Å². The van der Waals surface area contributed by atoms with Crippen molar-refractivity contribution in [1.82, 2.24) is 4.98 Å². The fraction of sp³-hybridized carbons (Fsp3) is 0.0769. The molecule has 0 fully saturated rings. The number of hydrogen-bond acceptors (Lipinski definition) is 3. The zero-order valence-corrected chi connectivity index (χ0v) is 11.5. The van der Waals surface area contributed by atoms with Gasteiger partial charge < -0.3 is 10.0 Å². The van der Waals surface area contributed by atoms with E-state index in [-0.39, 0.29) is 21.6 Å². The number of aromatic nitrogens is 1. The van der Waals surface area contributed by atoms with Crippen LogP contribution in [0.25, 0.3) is 0 Å². The highest BCUT2D eigenvalue weighted by Gasteiger charge is 2.18. The molecule has 19 heavy (non-hydrogen) atoms. The molecule has 1 aromatic carbocycles. The average molecular weight is 297 g/mol. The molecule has 0 saturated heterocycles. The van der Waals surface area contributed by atoms with Crippen molar-refractivity contribution in [3.8, 4) is 5.75 Å². The SMILES string of the molecule is CN(C(=O)c1nc(Cl)ccc1Cl)c1cccc(O)c1. The molecule has 0 unspecified atom stereocenters. The lowest BCUT2D eigenvalue weighted by molar-refractivity contribution is 0.0988. The molecule has 1 amide bonds. The summed E-state index contributed by atoms with van der Waals surface area (Å²) in [7, 11) is 1.57. The summed E-state index contributed by atoms with van der Waals surface area (Å²) >= 11 is 11.7. The molecule has 98 valence electrons. The van der Waals surface area contributed by atoms with Gasteiger partial charge in [0.1, 0.15) is 16.6 Å². The number of carbonyl (C=O) groups excluding carboxylic acids is 1. The summed E-state index contributed by atoms with van der Waals surface area (Å²) in [5.41, 5.74) is 0.600. The molecular weight excluding hydrogens is 287 g/mol. The molecule has 0 saturated carbocycles. The lowest BCUT2D eigenvalue weighted by atomic mass is 10.2. The molecule has 1 heterocycles. The quantitative estimate of drug-likeness (QED) is 0.865. The van der Waals surface area contributed by atoms with Gasteiger partial charge >= 0.3 is 0 Å². The smallest absolute Gasteiger partial charge is 0.278 e. The van der Waals surface area contributed by atoms with Gasteiger partial charge in [0, 0.05) is 18.8 Å². The van der Waals surface area contributed by atoms with Crippen LogP contribution in [0.5, 0.6) is 5.75 Å². The summed E-state index contributed by atoms with van der Waals surface area (Å²) in [4.78, 5) is 17.5. The number of rotatable bonds is 2. The molecule has 1 N–H and O–H groups in total. The Morgan fingerprint density at radius 3 is 2.68 bits per heavy atom. The van der Waals surface area contributed by atoms with Crippen LogP contribution in [0.3, 0.4) is 0 Å². The number of benzene rings is 1. The van der Waals surface area contributed by atoms with Gasteiger partial charge in [-0.2, -0.15) is 0 Å². The van der Waals surface area contributed by atoms with E-state index in [2.05, 4.69) is 4.98 Å². The van der Waals surface area contributed by atoms with Gasteiger partial charge in [0.25, 0.3) is 5.91 Å². The van der Waals surface area contributed by atoms with Crippen molar-refractivity contribution in [3.63, 3.8) is 0 Å². The number of hydrogen-bond donors (Lipinski definition) is 1. The predicted octanol–water partition coefficient (Wildman–Crippen LogP) is 3.37. The van der Waals surface area contributed by atoms with Gasteiger partial charge in [-0.3, -0.25) is 4.79 Å². The van der Waals surface area contributed by atoms with Crippen molar-refractivity contribution in [2.24, 2.45) is 0 Å². The first-order valence-corrected chi connectivity index (χ1v) is 6.14. The Bertz CT molecular complexity index is 632. The van der Waals surface area contributed by atoms with Crippen LogP contribution in [0, 0.1) is 0 Å². The third-order valence-electron chi connectivity index (χ3n) is 2.54. The maximum absolute atomic E-state index is 12.3. The number of pyridine rings is 1. The number of amides is 1. The summed E-state index contributed by atoms with van der Waals surface area (Å²) in [6.45, 7) is 0. The Hall–Kier alpha value is -1.78. The minimum atomic E-state index is -0.405. The summed E-state index contributed by atoms with van der Waals surface area (Å²) in [6.07, 6.45) is 0. The van der Waals surface area contributed by atoms with Gasteiger partial charge in [0.05, 0.1) is 5.02 Å². The molecule has 0 aliphatic heterocycles. The van der Waals surface area contributed by atoms with Crippen LogP contribution in [-0.4, -0.2) is 23.0 Å². The minimum absolute atomic E-state index is 0.0695. The number of phenols is 1. The van der Waals surface area contributed by atoms with Crippen LogP contribution < -0.4 is 4.90 Å². The second-order valence-corrected chi connectivity index (χ2v) is 4.64. The first-order valence-electron chi connectivity index (χ1n) is 5.38. The minimum Gasteiger partial charge on any atom is -0.508 e. The molecule has 0 bridgehead atoms. The van der Waals surface area contributed by atoms with Crippen molar-refractivity contribution in [2.75, 3.05) is 11.9 Å². The van der Waals surface area contributed by atoms with Crippen LogP contribution in [0.2, 0.25) is 10.2 Å². The van der Waals surface area contributed by atoms with E-state index in [1.807, 2.05) is 0 Å². The number of anilines is 1. The third kappa shape index (κ3) is 2.97. The van der Waals surface area contributed by atoms with E-state index in [1.54, 1.807) is 19.2 Å². The molecule has 0 radical (unpaired) electrons. The zero-order valence-electron chi connectivity index (χ0n) is 9.97. The van der Waals surface area contributed by atoms with Gasteiger partial charge in [-0.25, -0.2) is 4.98 Å². The van der Waals surface area contributed by atoms with Crippen molar-refractivity contribution in [3.05, 3.63) is 52.3 Å². The van der Waals surface area contributed by atoms with Crippen molar-refractivity contribution < 1.29 is 9.90 Å². The van der Waals surface area contributed by atoms with E-state index in [1.165, 1.54) is 29.2 Å². The number of nitrogens with zero attached hydrogens (tertiary/aromatic N) is 2. The molecule has 6 heteroatoms. The molecule has 0 aliphatic carbocycles. The summed E-state index contributed by atoms with van der Waals surface area (Å²) in [5, 5.41) is 9.83. The van der Waals surface area contributed by atoms with Crippen LogP contribution in [0.15, 0.2) is 36.4 Å². The number of halogens is 2. The van der Waals surface area contributed by atoms with Crippen LogP contribution in [0.1, 0.15) is 10.5 Å². The molecule has 0 aliphatic rings. The Labute approximate surface area is 120 Å². The average Bonchev–Trinajstić information content (AvgIpc) is 2.40. The van der Waals surface area contributed by atoms with E-state index >= 15 is 0 Å². The van der Waals surface area contributed by atoms with Crippen molar-refractivity contribution >= 4 is 34.8 Å². The topological polar surface area (TPSA) is 53.4 Å². The van der Waals surface area contributed by atoms with E-state index in [0.717, 1.165) is 0 Å². The Morgan fingerprint density at radius 2 is 2.00 bits per heavy atom. The molecule has 0 atom stereocenters. The normalized spacial score (nSPS) is 10.3. The molecule has 2 aromatic rings. The highest BCUT2D eigenvalue weighted by molar-refractivity contribution is 6.35. The maximum atomic E-state index is 12.3. The molecule has 2 rings (SSSR count). The number of aromatic hydroxyl groups is 1. The molecule has 4 nitrogen and oxygen atoms in total. The van der Waals surface area contributed by atoms with Gasteiger partial charge in [-0.15, -0.1) is 0 Å². The molecular formula is C13H10Cl2N2O2. The summed E-state index contributed by atoms with van der Waals surface area (Å²) < 4.78 is 0. The zero-order chi connectivity index (χ0) is 14.0. The first-order chi connectivity index (χ1) is 8.99. The molecule has 0 spiro atoms. The lowest BCUT2D eigenvalue weighted by Crippen LogP contribution is -2.27. The van der Waals surface area contributed by atoms with E-state index in [0.29, 0.717) is 5.69 Å². The Kier molecular flexibility index (Phi) is 3.93. The highest BCUT2D eigenvalue weighted by Crippen LogP contribution is 2.23. The van der Waals surface area contributed by atoms with Gasteiger partial charge in [-0.05, 0) is 24.3 Å². The van der Waals surface area contributed by atoms with Crippen LogP contribution in [-0.2, 0) is 0 Å². The highest BCUT2D eigenvalue weighted by atomic mass is 35.5. The van der Waals surface area contributed by atoms with Crippen LogP contribution in [0.4, 0.5) is 5.69 Å². The third-order valence-corrected chi connectivity index (χ3v) is 3.05. The Balaban J connectivity index is 2.36. The Morgan fingerprint density at radius 1 is 1.26 bits per heavy atom. The maximum Gasteiger partial charge on any atom is 0.278 e. The van der Waals surface area contributed by atoms with Crippen molar-refractivity contribution in [2.45, 2.75) is 0 Å². The second-order valence-electron chi connectivity index (χ2n) is 3.85. The lowest BCUT2D eigenvalue weighted by Gasteiger charge is -2.17. The largest absolute Gasteiger partial charge is 0.508 e. The summed E-state index contributed by atoms with van der Waals surface area (Å²) in [6, 6.07) is 9.34.